The molecule has 3 unspecified atom stereocenters. The maximum absolute atomic E-state index is 5.90. The zero-order chi connectivity index (χ0) is 10.8. The van der Waals surface area contributed by atoms with Crippen molar-refractivity contribution in [1.82, 2.24) is 4.90 Å². The summed E-state index contributed by atoms with van der Waals surface area (Å²) in [6.45, 7) is 11.3. The third-order valence-corrected chi connectivity index (χ3v) is 4.03. The summed E-state index contributed by atoms with van der Waals surface area (Å²) < 4.78 is 0. The van der Waals surface area contributed by atoms with Crippen LogP contribution < -0.4 is 5.73 Å². The van der Waals surface area contributed by atoms with Crippen LogP contribution >= 0.6 is 0 Å². The minimum atomic E-state index is 0.222. The molecule has 2 nitrogen and oxygen atoms in total. The molecule has 1 heterocycles. The Kier molecular flexibility index (Phi) is 3.96. The zero-order valence-electron chi connectivity index (χ0n) is 10.2. The van der Waals surface area contributed by atoms with Gasteiger partial charge in [0, 0.05) is 18.1 Å². The summed E-state index contributed by atoms with van der Waals surface area (Å²) in [4.78, 5) is 2.62. The Morgan fingerprint density at radius 3 is 2.50 bits per heavy atom. The summed E-state index contributed by atoms with van der Waals surface area (Å²) in [5.74, 6) is 0.889. The van der Waals surface area contributed by atoms with Gasteiger partial charge in [0.25, 0.3) is 0 Å². The molecule has 14 heavy (non-hydrogen) atoms. The average molecular weight is 198 g/mol. The number of nitrogens with zero attached hydrogens (tertiary/aromatic N) is 1. The first-order valence-electron chi connectivity index (χ1n) is 6.00. The van der Waals surface area contributed by atoms with Crippen LogP contribution in [0.15, 0.2) is 0 Å². The topological polar surface area (TPSA) is 29.3 Å². The number of nitrogens with two attached hydrogens (primary N) is 1. The van der Waals surface area contributed by atoms with Crippen molar-refractivity contribution in [3.05, 3.63) is 0 Å². The van der Waals surface area contributed by atoms with Crippen molar-refractivity contribution in [2.45, 2.75) is 58.5 Å². The molecule has 0 bridgehead atoms. The lowest BCUT2D eigenvalue weighted by Crippen LogP contribution is -2.57. The second-order valence-electron chi connectivity index (χ2n) is 5.23. The Hall–Kier alpha value is -0.0800. The quantitative estimate of drug-likeness (QED) is 0.753. The molecule has 84 valence electrons. The Labute approximate surface area is 88.8 Å². The van der Waals surface area contributed by atoms with Crippen molar-refractivity contribution < 1.29 is 0 Å². The molecule has 2 N–H and O–H groups in total. The molecule has 0 spiro atoms. The highest BCUT2D eigenvalue weighted by atomic mass is 15.2. The van der Waals surface area contributed by atoms with E-state index in [4.69, 9.17) is 5.73 Å². The summed E-state index contributed by atoms with van der Waals surface area (Å²) in [5, 5.41) is 0. The number of hydrogen-bond acceptors (Lipinski definition) is 2. The third-order valence-electron chi connectivity index (χ3n) is 4.03. The highest BCUT2D eigenvalue weighted by Crippen LogP contribution is 2.30. The van der Waals surface area contributed by atoms with Gasteiger partial charge in [0.2, 0.25) is 0 Å². The van der Waals surface area contributed by atoms with Crippen molar-refractivity contribution in [3.8, 4) is 0 Å². The van der Waals surface area contributed by atoms with Gasteiger partial charge < -0.3 is 5.73 Å². The Balaban J connectivity index is 2.67. The van der Waals surface area contributed by atoms with Crippen LogP contribution in [0.1, 0.15) is 47.0 Å². The van der Waals surface area contributed by atoms with E-state index in [-0.39, 0.29) is 5.54 Å². The zero-order valence-corrected chi connectivity index (χ0v) is 10.2. The van der Waals surface area contributed by atoms with Crippen LogP contribution in [-0.2, 0) is 0 Å². The first-order chi connectivity index (χ1) is 6.53. The lowest BCUT2D eigenvalue weighted by molar-refractivity contribution is 0.0233. The fourth-order valence-corrected chi connectivity index (χ4v) is 2.67. The SMILES string of the molecule is CCC(C)(CN)N1CCC(C)CC1C. The second kappa shape index (κ2) is 4.63. The minimum Gasteiger partial charge on any atom is -0.329 e. The number of rotatable bonds is 3. The molecule has 0 saturated carbocycles. The summed E-state index contributed by atoms with van der Waals surface area (Å²) in [5.41, 5.74) is 6.13. The van der Waals surface area contributed by atoms with Crippen LogP contribution in [0.3, 0.4) is 0 Å². The number of hydrogen-bond donors (Lipinski definition) is 1. The van der Waals surface area contributed by atoms with Gasteiger partial charge in [-0.2, -0.15) is 0 Å². The van der Waals surface area contributed by atoms with E-state index in [1.54, 1.807) is 0 Å². The second-order valence-corrected chi connectivity index (χ2v) is 5.23. The van der Waals surface area contributed by atoms with E-state index in [0.717, 1.165) is 18.9 Å². The van der Waals surface area contributed by atoms with Gasteiger partial charge in [0.15, 0.2) is 0 Å². The van der Waals surface area contributed by atoms with Gasteiger partial charge in [-0.25, -0.2) is 0 Å². The van der Waals surface area contributed by atoms with E-state index in [2.05, 4.69) is 32.6 Å². The molecule has 3 atom stereocenters. The third kappa shape index (κ3) is 2.29. The van der Waals surface area contributed by atoms with E-state index in [0.29, 0.717) is 6.04 Å². The average Bonchev–Trinajstić information content (AvgIpc) is 2.17. The fraction of sp³-hybridized carbons (Fsp3) is 1.00. The van der Waals surface area contributed by atoms with Gasteiger partial charge in [-0.1, -0.05) is 13.8 Å². The van der Waals surface area contributed by atoms with Crippen molar-refractivity contribution >= 4 is 0 Å². The Morgan fingerprint density at radius 2 is 2.07 bits per heavy atom. The van der Waals surface area contributed by atoms with Gasteiger partial charge in [-0.3, -0.25) is 4.90 Å². The Morgan fingerprint density at radius 1 is 1.43 bits per heavy atom. The van der Waals surface area contributed by atoms with E-state index in [1.165, 1.54) is 19.4 Å². The normalized spacial score (nSPS) is 34.1. The summed E-state index contributed by atoms with van der Waals surface area (Å²) in [6.07, 6.45) is 3.82. The first-order valence-corrected chi connectivity index (χ1v) is 6.00. The molecule has 1 aliphatic heterocycles. The van der Waals surface area contributed by atoms with Crippen molar-refractivity contribution in [2.24, 2.45) is 11.7 Å². The number of likely N-dealkylation sites (tertiary alicyclic amines) is 1. The summed E-state index contributed by atoms with van der Waals surface area (Å²) in [6, 6.07) is 0.701. The van der Waals surface area contributed by atoms with Gasteiger partial charge in [-0.05, 0) is 45.6 Å². The standard InChI is InChI=1S/C12H26N2/c1-5-12(4,9-13)14-7-6-10(2)8-11(14)3/h10-11H,5-9,13H2,1-4H3. The van der Waals surface area contributed by atoms with E-state index in [9.17, 15) is 0 Å². The maximum atomic E-state index is 5.90. The first kappa shape index (κ1) is 12.0. The van der Waals surface area contributed by atoms with Gasteiger partial charge >= 0.3 is 0 Å². The molecular weight excluding hydrogens is 172 g/mol. The van der Waals surface area contributed by atoms with Crippen LogP contribution in [0.2, 0.25) is 0 Å². The molecule has 0 aromatic rings. The van der Waals surface area contributed by atoms with Crippen molar-refractivity contribution in [1.29, 1.82) is 0 Å². The molecule has 1 rings (SSSR count). The van der Waals surface area contributed by atoms with E-state index < -0.39 is 0 Å². The summed E-state index contributed by atoms with van der Waals surface area (Å²) in [7, 11) is 0. The maximum Gasteiger partial charge on any atom is 0.0303 e. The molecule has 0 radical (unpaired) electrons. The summed E-state index contributed by atoms with van der Waals surface area (Å²) >= 11 is 0. The monoisotopic (exact) mass is 198 g/mol. The molecule has 0 aromatic heterocycles. The lowest BCUT2D eigenvalue weighted by Gasteiger charge is -2.48. The van der Waals surface area contributed by atoms with Crippen LogP contribution in [0, 0.1) is 5.92 Å². The molecular formula is C12H26N2. The lowest BCUT2D eigenvalue weighted by atomic mass is 9.86. The van der Waals surface area contributed by atoms with Crippen LogP contribution in [-0.4, -0.2) is 29.6 Å². The van der Waals surface area contributed by atoms with Crippen molar-refractivity contribution in [2.75, 3.05) is 13.1 Å². The Bertz CT molecular complexity index is 175. The van der Waals surface area contributed by atoms with Gasteiger partial charge in [0.1, 0.15) is 0 Å². The minimum absolute atomic E-state index is 0.222. The molecule has 2 heteroatoms. The smallest absolute Gasteiger partial charge is 0.0303 e. The van der Waals surface area contributed by atoms with Crippen molar-refractivity contribution in [3.63, 3.8) is 0 Å². The predicted octanol–water partition coefficient (Wildman–Crippen LogP) is 2.23. The molecule has 0 aromatic carbocycles. The fourth-order valence-electron chi connectivity index (χ4n) is 2.67. The van der Waals surface area contributed by atoms with Crippen LogP contribution in [0.25, 0.3) is 0 Å². The van der Waals surface area contributed by atoms with Crippen LogP contribution in [0.5, 0.6) is 0 Å². The molecule has 0 aliphatic carbocycles. The van der Waals surface area contributed by atoms with Gasteiger partial charge in [-0.15, -0.1) is 0 Å². The highest BCUT2D eigenvalue weighted by Gasteiger charge is 2.34. The van der Waals surface area contributed by atoms with E-state index in [1.807, 2.05) is 0 Å². The highest BCUT2D eigenvalue weighted by molar-refractivity contribution is 4.91. The largest absolute Gasteiger partial charge is 0.329 e. The predicted molar refractivity (Wildman–Crippen MR) is 62.3 cm³/mol. The molecule has 1 fully saturated rings. The molecule has 1 aliphatic rings. The van der Waals surface area contributed by atoms with Crippen LogP contribution in [0.4, 0.5) is 0 Å². The van der Waals surface area contributed by atoms with Gasteiger partial charge in [0.05, 0.1) is 0 Å². The molecule has 0 amide bonds. The molecule has 1 saturated heterocycles. The van der Waals surface area contributed by atoms with E-state index >= 15 is 0 Å². The number of piperidine rings is 1.